The molecule has 3 aromatic rings. The first-order valence-corrected chi connectivity index (χ1v) is 8.23. The summed E-state index contributed by atoms with van der Waals surface area (Å²) in [7, 11) is 2.94. The van der Waals surface area contributed by atoms with Gasteiger partial charge in [0, 0.05) is 31.7 Å². The van der Waals surface area contributed by atoms with E-state index in [2.05, 4.69) is 10.3 Å². The molecule has 3 rings (SSSR count). The monoisotopic (exact) mass is 344 g/mol. The molecular weight excluding hydrogens is 328 g/mol. The van der Waals surface area contributed by atoms with Gasteiger partial charge in [0.2, 0.25) is 0 Å². The maximum absolute atomic E-state index is 12.2. The topological polar surface area (TPSA) is 86.0 Å². The summed E-state index contributed by atoms with van der Waals surface area (Å²) in [5.41, 5.74) is -0.357. The minimum absolute atomic E-state index is 0.241. The summed E-state index contributed by atoms with van der Waals surface area (Å²) < 4.78 is 2.29. The van der Waals surface area contributed by atoms with Gasteiger partial charge in [-0.3, -0.25) is 18.7 Å². The van der Waals surface area contributed by atoms with Gasteiger partial charge in [0.15, 0.2) is 0 Å². The molecule has 3 aromatic heterocycles. The van der Waals surface area contributed by atoms with E-state index in [1.54, 1.807) is 11.3 Å². The maximum atomic E-state index is 12.2. The predicted octanol–water partition coefficient (Wildman–Crippen LogP) is 0.666. The molecule has 0 aliphatic carbocycles. The molecule has 0 fully saturated rings. The zero-order chi connectivity index (χ0) is 17.3. The Morgan fingerprint density at radius 2 is 2.08 bits per heavy atom. The second-order valence-corrected chi connectivity index (χ2v) is 6.42. The Kier molecular flexibility index (Phi) is 4.30. The zero-order valence-corrected chi connectivity index (χ0v) is 14.1. The zero-order valence-electron chi connectivity index (χ0n) is 13.3. The van der Waals surface area contributed by atoms with Gasteiger partial charge >= 0.3 is 5.69 Å². The van der Waals surface area contributed by atoms with Gasteiger partial charge in [0.25, 0.3) is 11.5 Å². The molecule has 124 valence electrons. The molecule has 8 heteroatoms. The van der Waals surface area contributed by atoms with E-state index in [0.29, 0.717) is 12.1 Å². The fourth-order valence-corrected chi connectivity index (χ4v) is 3.15. The summed E-state index contributed by atoms with van der Waals surface area (Å²) in [5, 5.41) is 5.04. The number of rotatable bonds is 4. The summed E-state index contributed by atoms with van der Waals surface area (Å²) >= 11 is 1.64. The fourth-order valence-electron chi connectivity index (χ4n) is 2.45. The Morgan fingerprint density at radius 3 is 2.79 bits per heavy atom. The Balaban J connectivity index is 1.86. The van der Waals surface area contributed by atoms with Crippen LogP contribution in [0.3, 0.4) is 0 Å². The molecule has 0 saturated heterocycles. The van der Waals surface area contributed by atoms with Gasteiger partial charge in [-0.1, -0.05) is 6.07 Å². The van der Waals surface area contributed by atoms with Crippen molar-refractivity contribution >= 4 is 28.3 Å². The van der Waals surface area contributed by atoms with E-state index in [-0.39, 0.29) is 16.9 Å². The minimum atomic E-state index is -0.464. The molecule has 0 aliphatic rings. The molecule has 3 heterocycles. The van der Waals surface area contributed by atoms with E-state index in [9.17, 15) is 14.4 Å². The van der Waals surface area contributed by atoms with E-state index in [4.69, 9.17) is 0 Å². The van der Waals surface area contributed by atoms with Crippen LogP contribution in [0.4, 0.5) is 0 Å². The first-order chi connectivity index (χ1) is 11.5. The van der Waals surface area contributed by atoms with Crippen molar-refractivity contribution in [3.05, 3.63) is 61.1 Å². The van der Waals surface area contributed by atoms with Gasteiger partial charge in [0.05, 0.1) is 10.9 Å². The van der Waals surface area contributed by atoms with Crippen LogP contribution in [-0.4, -0.2) is 26.6 Å². The molecule has 1 N–H and O–H groups in total. The molecule has 1 amide bonds. The van der Waals surface area contributed by atoms with Crippen LogP contribution in [0.2, 0.25) is 0 Å². The average molecular weight is 344 g/mol. The minimum Gasteiger partial charge on any atom is -0.352 e. The highest BCUT2D eigenvalue weighted by Gasteiger charge is 2.13. The van der Waals surface area contributed by atoms with E-state index in [0.717, 1.165) is 11.0 Å². The van der Waals surface area contributed by atoms with Crippen molar-refractivity contribution < 1.29 is 4.79 Å². The van der Waals surface area contributed by atoms with Crippen LogP contribution in [0.25, 0.3) is 11.0 Å². The van der Waals surface area contributed by atoms with Crippen LogP contribution < -0.4 is 16.6 Å². The van der Waals surface area contributed by atoms with Crippen LogP contribution in [0, 0.1) is 0 Å². The van der Waals surface area contributed by atoms with Crippen molar-refractivity contribution in [2.45, 2.75) is 6.42 Å². The van der Waals surface area contributed by atoms with Crippen LogP contribution >= 0.6 is 11.3 Å². The van der Waals surface area contributed by atoms with Crippen molar-refractivity contribution in [3.63, 3.8) is 0 Å². The standard InChI is InChI=1S/C16H16N4O3S/c1-19-13-12(15(22)20(2)16(19)23)8-10(9-18-13)14(21)17-6-5-11-4-3-7-24-11/h3-4,7-9H,5-6H2,1-2H3,(H,17,21). The van der Waals surface area contributed by atoms with Crippen molar-refractivity contribution in [2.75, 3.05) is 6.54 Å². The average Bonchev–Trinajstić information content (AvgIpc) is 3.11. The predicted molar refractivity (Wildman–Crippen MR) is 92.6 cm³/mol. The number of fused-ring (bicyclic) bond motifs is 1. The number of hydrogen-bond acceptors (Lipinski definition) is 5. The van der Waals surface area contributed by atoms with Crippen LogP contribution in [0.1, 0.15) is 15.2 Å². The lowest BCUT2D eigenvalue weighted by atomic mass is 10.2. The van der Waals surface area contributed by atoms with E-state index in [1.165, 1.54) is 35.8 Å². The molecule has 0 spiro atoms. The molecule has 0 aliphatic heterocycles. The summed E-state index contributed by atoms with van der Waals surface area (Å²) in [6.07, 6.45) is 2.13. The molecule has 0 radical (unpaired) electrons. The number of hydrogen-bond donors (Lipinski definition) is 1. The second-order valence-electron chi connectivity index (χ2n) is 5.39. The highest BCUT2D eigenvalue weighted by Crippen LogP contribution is 2.09. The van der Waals surface area contributed by atoms with Gasteiger partial charge in [0.1, 0.15) is 5.65 Å². The van der Waals surface area contributed by atoms with Gasteiger partial charge < -0.3 is 5.32 Å². The van der Waals surface area contributed by atoms with Crippen molar-refractivity contribution in [3.8, 4) is 0 Å². The Morgan fingerprint density at radius 1 is 1.29 bits per heavy atom. The summed E-state index contributed by atoms with van der Waals surface area (Å²) in [6, 6.07) is 5.46. The third-order valence-electron chi connectivity index (χ3n) is 3.79. The van der Waals surface area contributed by atoms with E-state index >= 15 is 0 Å². The first kappa shape index (κ1) is 16.1. The molecule has 0 atom stereocenters. The largest absolute Gasteiger partial charge is 0.352 e. The second kappa shape index (κ2) is 6.40. The van der Waals surface area contributed by atoms with Crippen molar-refractivity contribution in [1.29, 1.82) is 0 Å². The third kappa shape index (κ3) is 2.88. The summed E-state index contributed by atoms with van der Waals surface area (Å²) in [6.45, 7) is 0.503. The van der Waals surface area contributed by atoms with Gasteiger partial charge in [-0.15, -0.1) is 11.3 Å². The summed E-state index contributed by atoms with van der Waals surface area (Å²) in [5.74, 6) is -0.295. The number of pyridine rings is 1. The normalized spacial score (nSPS) is 10.9. The molecule has 0 unspecified atom stereocenters. The van der Waals surface area contributed by atoms with Crippen LogP contribution in [0.5, 0.6) is 0 Å². The number of aromatic nitrogens is 3. The van der Waals surface area contributed by atoms with Crippen LogP contribution in [-0.2, 0) is 20.5 Å². The smallest absolute Gasteiger partial charge is 0.332 e. The van der Waals surface area contributed by atoms with E-state index < -0.39 is 11.2 Å². The number of nitrogens with zero attached hydrogens (tertiary/aromatic N) is 3. The molecule has 0 bridgehead atoms. The first-order valence-electron chi connectivity index (χ1n) is 7.35. The molecule has 0 saturated carbocycles. The molecule has 24 heavy (non-hydrogen) atoms. The SMILES string of the molecule is Cn1c(=O)c2cc(C(=O)NCCc3cccs3)cnc2n(C)c1=O. The number of carbonyl (C=O) groups is 1. The maximum Gasteiger partial charge on any atom is 0.332 e. The third-order valence-corrected chi connectivity index (χ3v) is 4.73. The molecule has 7 nitrogen and oxygen atoms in total. The Labute approximate surface area is 141 Å². The molecular formula is C16H16N4O3S. The number of amides is 1. The van der Waals surface area contributed by atoms with E-state index in [1.807, 2.05) is 17.5 Å². The number of carbonyl (C=O) groups excluding carboxylic acids is 1. The highest BCUT2D eigenvalue weighted by molar-refractivity contribution is 7.09. The van der Waals surface area contributed by atoms with Gasteiger partial charge in [-0.05, 0) is 23.9 Å². The van der Waals surface area contributed by atoms with Gasteiger partial charge in [-0.25, -0.2) is 9.78 Å². The number of nitrogens with one attached hydrogen (secondary N) is 1. The lowest BCUT2D eigenvalue weighted by Gasteiger charge is -2.08. The Bertz CT molecular complexity index is 1020. The van der Waals surface area contributed by atoms with Crippen LogP contribution in [0.15, 0.2) is 39.4 Å². The lowest BCUT2D eigenvalue weighted by Crippen LogP contribution is -2.37. The highest BCUT2D eigenvalue weighted by atomic mass is 32.1. The Hall–Kier alpha value is -2.74. The fraction of sp³-hybridized carbons (Fsp3) is 0.250. The van der Waals surface area contributed by atoms with Crippen molar-refractivity contribution in [2.24, 2.45) is 14.1 Å². The number of aryl methyl sites for hydroxylation is 1. The molecule has 0 aromatic carbocycles. The van der Waals surface area contributed by atoms with Gasteiger partial charge in [-0.2, -0.15) is 0 Å². The lowest BCUT2D eigenvalue weighted by molar-refractivity contribution is 0.0954. The quantitative estimate of drug-likeness (QED) is 0.754. The number of thiophene rings is 1. The summed E-state index contributed by atoms with van der Waals surface area (Å²) in [4.78, 5) is 41.7. The van der Waals surface area contributed by atoms with Crippen molar-refractivity contribution in [1.82, 2.24) is 19.4 Å².